The summed E-state index contributed by atoms with van der Waals surface area (Å²) in [4.78, 5) is 29.4. The van der Waals surface area contributed by atoms with Crippen LogP contribution >= 0.6 is 11.8 Å². The molecule has 0 unspecified atom stereocenters. The molecule has 0 saturated heterocycles. The third kappa shape index (κ3) is 7.10. The fraction of sp³-hybridized carbons (Fsp3) is 0.0645. The van der Waals surface area contributed by atoms with Gasteiger partial charge in [0, 0.05) is 5.69 Å². The molecule has 0 bridgehead atoms. The van der Waals surface area contributed by atoms with Gasteiger partial charge < -0.3 is 10.4 Å². The van der Waals surface area contributed by atoms with E-state index in [0.717, 1.165) is 22.3 Å². The van der Waals surface area contributed by atoms with Gasteiger partial charge in [0.1, 0.15) is 5.75 Å². The maximum Gasteiger partial charge on any atom is 0.286 e. The molecule has 0 atom stereocenters. The molecule has 10 heteroatoms. The standard InChI is InChI=1S/C31H25N3O5S2/c1-20-2-16-27(17-3-20)41(38,39)34-29(36)19-22-6-12-25(13-7-22)32-31-33-30(37)28(40-31)18-21-4-8-23(9-5-21)24-10-14-26(35)15-11-24/h2-18,35H,19H2,1H3,(H,34,36)(H,32,33,37). The van der Waals surface area contributed by atoms with Crippen molar-refractivity contribution in [3.8, 4) is 16.9 Å². The predicted molar refractivity (Wildman–Crippen MR) is 162 cm³/mol. The maximum absolute atomic E-state index is 12.5. The highest BCUT2D eigenvalue weighted by Crippen LogP contribution is 2.30. The van der Waals surface area contributed by atoms with E-state index in [1.165, 1.54) is 23.9 Å². The zero-order valence-corrected chi connectivity index (χ0v) is 23.5. The molecule has 0 saturated carbocycles. The average molecular weight is 584 g/mol. The van der Waals surface area contributed by atoms with Gasteiger partial charge >= 0.3 is 0 Å². The van der Waals surface area contributed by atoms with E-state index in [1.807, 2.05) is 43.3 Å². The van der Waals surface area contributed by atoms with Crippen LogP contribution in [0.5, 0.6) is 5.75 Å². The van der Waals surface area contributed by atoms with E-state index in [2.05, 4.69) is 15.0 Å². The molecular formula is C31H25N3O5S2. The number of nitrogens with one attached hydrogen (secondary N) is 2. The summed E-state index contributed by atoms with van der Waals surface area (Å²) in [5.74, 6) is -0.775. The molecule has 0 fully saturated rings. The summed E-state index contributed by atoms with van der Waals surface area (Å²) in [7, 11) is -3.95. The number of sulfonamides is 1. The number of hydrogen-bond donors (Lipinski definition) is 3. The van der Waals surface area contributed by atoms with Crippen LogP contribution in [-0.2, 0) is 26.0 Å². The molecule has 0 radical (unpaired) electrons. The molecule has 206 valence electrons. The molecule has 2 amide bonds. The van der Waals surface area contributed by atoms with Crippen molar-refractivity contribution in [1.82, 2.24) is 4.72 Å². The Morgan fingerprint density at radius 3 is 2.12 bits per heavy atom. The third-order valence-corrected chi connectivity index (χ3v) is 8.47. The van der Waals surface area contributed by atoms with Crippen LogP contribution in [0.2, 0.25) is 0 Å². The second-order valence-corrected chi connectivity index (χ2v) is 12.1. The van der Waals surface area contributed by atoms with Gasteiger partial charge in [-0.2, -0.15) is 4.99 Å². The molecule has 3 N–H and O–H groups in total. The lowest BCUT2D eigenvalue weighted by atomic mass is 10.0. The largest absolute Gasteiger partial charge is 0.508 e. The number of aryl methyl sites for hydroxylation is 1. The van der Waals surface area contributed by atoms with Gasteiger partial charge in [0.25, 0.3) is 15.9 Å². The topological polar surface area (TPSA) is 125 Å². The van der Waals surface area contributed by atoms with Gasteiger partial charge in [-0.15, -0.1) is 0 Å². The number of amides is 2. The Morgan fingerprint density at radius 1 is 0.878 bits per heavy atom. The quantitative estimate of drug-likeness (QED) is 0.246. The molecule has 5 rings (SSSR count). The number of amidine groups is 1. The number of rotatable bonds is 7. The lowest BCUT2D eigenvalue weighted by Gasteiger charge is -2.08. The Kier molecular flexibility index (Phi) is 8.04. The highest BCUT2D eigenvalue weighted by atomic mass is 32.2. The average Bonchev–Trinajstić information content (AvgIpc) is 3.28. The fourth-order valence-electron chi connectivity index (χ4n) is 4.02. The minimum atomic E-state index is -3.95. The number of aromatic hydroxyl groups is 1. The van der Waals surface area contributed by atoms with Gasteiger partial charge in [0.05, 0.1) is 16.2 Å². The third-order valence-electron chi connectivity index (χ3n) is 6.18. The molecule has 8 nitrogen and oxygen atoms in total. The number of hydrogen-bond acceptors (Lipinski definition) is 7. The van der Waals surface area contributed by atoms with Crippen LogP contribution in [0.25, 0.3) is 17.2 Å². The zero-order valence-electron chi connectivity index (χ0n) is 21.9. The summed E-state index contributed by atoms with van der Waals surface area (Å²) in [6.45, 7) is 1.85. The van der Waals surface area contributed by atoms with Crippen molar-refractivity contribution in [2.45, 2.75) is 18.2 Å². The van der Waals surface area contributed by atoms with E-state index in [4.69, 9.17) is 0 Å². The first-order valence-electron chi connectivity index (χ1n) is 12.5. The van der Waals surface area contributed by atoms with E-state index in [1.54, 1.807) is 54.6 Å². The second kappa shape index (κ2) is 11.8. The predicted octanol–water partition coefficient (Wildman–Crippen LogP) is 5.50. The van der Waals surface area contributed by atoms with E-state index in [0.29, 0.717) is 21.3 Å². The summed E-state index contributed by atoms with van der Waals surface area (Å²) in [5.41, 5.74) is 5.03. The Hall–Kier alpha value is -4.67. The van der Waals surface area contributed by atoms with E-state index in [-0.39, 0.29) is 23.0 Å². The molecule has 4 aromatic carbocycles. The Labute approximate surface area is 241 Å². The molecule has 41 heavy (non-hydrogen) atoms. The second-order valence-electron chi connectivity index (χ2n) is 9.34. The SMILES string of the molecule is Cc1ccc(S(=O)(=O)NC(=O)Cc2ccc(NC3=NC(=O)C(=Cc4ccc(-c5ccc(O)cc5)cc4)S3)cc2)cc1. The molecule has 4 aromatic rings. The van der Waals surface area contributed by atoms with Crippen LogP contribution in [-0.4, -0.2) is 30.5 Å². The summed E-state index contributed by atoms with van der Waals surface area (Å²) in [6.07, 6.45) is 1.66. The van der Waals surface area contributed by atoms with E-state index < -0.39 is 15.9 Å². The first kappa shape index (κ1) is 27.9. The van der Waals surface area contributed by atoms with Gasteiger partial charge in [0.15, 0.2) is 5.17 Å². The minimum absolute atomic E-state index is 0.0277. The van der Waals surface area contributed by atoms with Crippen molar-refractivity contribution in [3.05, 3.63) is 119 Å². The molecule has 0 spiro atoms. The summed E-state index contributed by atoms with van der Waals surface area (Å²) in [6, 6.07) is 27.8. The molecule has 0 aromatic heterocycles. The molecule has 0 aliphatic carbocycles. The lowest BCUT2D eigenvalue weighted by molar-refractivity contribution is -0.118. The van der Waals surface area contributed by atoms with Gasteiger partial charge in [-0.05, 0) is 83.4 Å². The minimum Gasteiger partial charge on any atom is -0.508 e. The van der Waals surface area contributed by atoms with Crippen LogP contribution in [0, 0.1) is 6.92 Å². The number of nitrogens with zero attached hydrogens (tertiary/aromatic N) is 1. The number of aliphatic imine (C=N–C) groups is 1. The lowest BCUT2D eigenvalue weighted by Crippen LogP contribution is -2.31. The number of carbonyl (C=O) groups is 2. The van der Waals surface area contributed by atoms with Crippen molar-refractivity contribution >= 4 is 50.5 Å². The van der Waals surface area contributed by atoms with Crippen molar-refractivity contribution in [2.24, 2.45) is 4.99 Å². The van der Waals surface area contributed by atoms with Crippen LogP contribution in [0.1, 0.15) is 16.7 Å². The van der Waals surface area contributed by atoms with E-state index in [9.17, 15) is 23.1 Å². The number of thioether (sulfide) groups is 1. The van der Waals surface area contributed by atoms with Crippen LogP contribution in [0.4, 0.5) is 5.69 Å². The fourth-order valence-corrected chi connectivity index (χ4v) is 5.83. The zero-order chi connectivity index (χ0) is 29.0. The summed E-state index contributed by atoms with van der Waals surface area (Å²) >= 11 is 1.22. The highest BCUT2D eigenvalue weighted by Gasteiger charge is 2.22. The monoisotopic (exact) mass is 583 g/mol. The number of anilines is 1. The van der Waals surface area contributed by atoms with Crippen LogP contribution < -0.4 is 10.0 Å². The number of phenolic OH excluding ortho intramolecular Hbond substituents is 1. The normalized spacial score (nSPS) is 14.1. The summed E-state index contributed by atoms with van der Waals surface area (Å²) in [5, 5.41) is 13.0. The number of benzene rings is 4. The van der Waals surface area contributed by atoms with Gasteiger partial charge in [-0.25, -0.2) is 13.1 Å². The number of phenols is 1. The highest BCUT2D eigenvalue weighted by molar-refractivity contribution is 8.18. The van der Waals surface area contributed by atoms with Crippen molar-refractivity contribution in [1.29, 1.82) is 0 Å². The molecule has 1 aliphatic rings. The first-order valence-corrected chi connectivity index (χ1v) is 14.8. The van der Waals surface area contributed by atoms with Crippen molar-refractivity contribution in [3.63, 3.8) is 0 Å². The molecule has 1 aliphatic heterocycles. The van der Waals surface area contributed by atoms with Crippen molar-refractivity contribution < 1.29 is 23.1 Å². The molecular weight excluding hydrogens is 558 g/mol. The number of carbonyl (C=O) groups excluding carboxylic acids is 2. The smallest absolute Gasteiger partial charge is 0.286 e. The summed E-state index contributed by atoms with van der Waals surface area (Å²) < 4.78 is 27.0. The van der Waals surface area contributed by atoms with Crippen molar-refractivity contribution in [2.75, 3.05) is 5.32 Å². The van der Waals surface area contributed by atoms with Crippen LogP contribution in [0.3, 0.4) is 0 Å². The van der Waals surface area contributed by atoms with Gasteiger partial charge in [-0.1, -0.05) is 66.2 Å². The van der Waals surface area contributed by atoms with Crippen LogP contribution in [0.15, 0.2) is 112 Å². The maximum atomic E-state index is 12.5. The Bertz CT molecular complexity index is 1760. The Balaban J connectivity index is 1.16. The molecule has 1 heterocycles. The van der Waals surface area contributed by atoms with E-state index >= 15 is 0 Å². The van der Waals surface area contributed by atoms with Gasteiger partial charge in [0.2, 0.25) is 5.91 Å². The van der Waals surface area contributed by atoms with Gasteiger partial charge in [-0.3, -0.25) is 9.59 Å². The first-order chi connectivity index (χ1) is 19.6. The Morgan fingerprint density at radius 2 is 1.49 bits per heavy atom.